The Kier molecular flexibility index (Phi) is 5.15. The zero-order chi connectivity index (χ0) is 19.0. The zero-order valence-corrected chi connectivity index (χ0v) is 18.2. The number of rotatable bonds is 3. The van der Waals surface area contributed by atoms with Crippen molar-refractivity contribution in [1.29, 1.82) is 0 Å². The topological polar surface area (TPSA) is 22.1 Å². The Balaban J connectivity index is 2.13. The van der Waals surface area contributed by atoms with Gasteiger partial charge in [-0.05, 0) is 52.2 Å². The van der Waals surface area contributed by atoms with Crippen molar-refractivity contribution in [2.45, 2.75) is 71.6 Å². The fraction of sp³-hybridized carbons (Fsp3) is 0.522. The average molecular weight is 368 g/mol. The van der Waals surface area contributed by atoms with Crippen molar-refractivity contribution >= 4 is 13.5 Å². The number of hydrogen-bond donors (Lipinski definition) is 0. The molecule has 0 fully saturated rings. The first-order chi connectivity index (χ1) is 12.2. The predicted octanol–water partition coefficient (Wildman–Crippen LogP) is 5.78. The van der Waals surface area contributed by atoms with Crippen LogP contribution in [-0.4, -0.2) is 13.3 Å². The number of benzene rings is 1. The van der Waals surface area contributed by atoms with E-state index in [9.17, 15) is 0 Å². The van der Waals surface area contributed by atoms with Gasteiger partial charge in [-0.3, -0.25) is 4.98 Å². The van der Waals surface area contributed by atoms with Crippen LogP contribution in [0.2, 0.25) is 11.1 Å². The molecule has 2 atom stereocenters. The van der Waals surface area contributed by atoms with Gasteiger partial charge in [-0.25, -0.2) is 0 Å². The van der Waals surface area contributed by atoms with Gasteiger partial charge in [0.25, 0.3) is 0 Å². The fourth-order valence-electron chi connectivity index (χ4n) is 4.29. The van der Waals surface area contributed by atoms with Gasteiger partial charge in [-0.2, -0.15) is 0 Å². The van der Waals surface area contributed by atoms with E-state index in [0.29, 0.717) is 0 Å². The Morgan fingerprint density at radius 1 is 0.962 bits per heavy atom. The first-order valence-corrected chi connectivity index (χ1v) is 11.9. The third-order valence-electron chi connectivity index (χ3n) is 5.70. The number of nitrogens with zero attached hydrogens (tertiary/aromatic N) is 1. The summed E-state index contributed by atoms with van der Waals surface area (Å²) in [5.41, 5.74) is 2.54. The van der Waals surface area contributed by atoms with Crippen LogP contribution < -0.4 is 5.19 Å². The van der Waals surface area contributed by atoms with Crippen molar-refractivity contribution < 1.29 is 4.43 Å². The molecule has 1 aromatic heterocycles. The Morgan fingerprint density at radius 3 is 2.27 bits per heavy atom. The van der Waals surface area contributed by atoms with Crippen LogP contribution >= 0.6 is 0 Å². The molecule has 140 valence electrons. The highest BCUT2D eigenvalue weighted by Gasteiger charge is 2.53. The second kappa shape index (κ2) is 6.93. The second-order valence-electron chi connectivity index (χ2n) is 9.71. The molecular weight excluding hydrogens is 334 g/mol. The molecule has 26 heavy (non-hydrogen) atoms. The molecule has 0 aliphatic carbocycles. The van der Waals surface area contributed by atoms with E-state index in [2.05, 4.69) is 82.9 Å². The number of aromatic nitrogens is 1. The molecule has 2 aromatic rings. The molecule has 1 aromatic carbocycles. The minimum atomic E-state index is -2.20. The predicted molar refractivity (Wildman–Crippen MR) is 112 cm³/mol. The van der Waals surface area contributed by atoms with E-state index in [0.717, 1.165) is 5.69 Å². The lowest BCUT2D eigenvalue weighted by atomic mass is 9.87. The molecule has 2 nitrogen and oxygen atoms in total. The van der Waals surface area contributed by atoms with Crippen molar-refractivity contribution in [1.82, 2.24) is 4.98 Å². The van der Waals surface area contributed by atoms with Crippen LogP contribution in [0.4, 0.5) is 0 Å². The van der Waals surface area contributed by atoms with E-state index >= 15 is 0 Å². The minimum absolute atomic E-state index is 0.000692. The lowest BCUT2D eigenvalue weighted by Crippen LogP contribution is -2.61. The normalized spacial score (nSPS) is 21.9. The fourth-order valence-corrected chi connectivity index (χ4v) is 9.36. The Morgan fingerprint density at radius 2 is 1.65 bits per heavy atom. The monoisotopic (exact) mass is 367 g/mol. The third-order valence-corrected chi connectivity index (χ3v) is 11.2. The quantitative estimate of drug-likeness (QED) is 0.641. The molecule has 0 radical (unpaired) electrons. The van der Waals surface area contributed by atoms with Crippen molar-refractivity contribution in [2.24, 2.45) is 5.41 Å². The molecule has 1 aliphatic heterocycles. The summed E-state index contributed by atoms with van der Waals surface area (Å²) < 4.78 is 7.30. The van der Waals surface area contributed by atoms with Gasteiger partial charge in [0.1, 0.15) is 0 Å². The summed E-state index contributed by atoms with van der Waals surface area (Å²) in [5.74, 6) is 0. The minimum Gasteiger partial charge on any atom is -0.403 e. The summed E-state index contributed by atoms with van der Waals surface area (Å²) in [5, 5.41) is 1.63. The summed E-state index contributed by atoms with van der Waals surface area (Å²) in [6.45, 7) is 13.9. The largest absolute Gasteiger partial charge is 0.403 e. The van der Waals surface area contributed by atoms with Crippen molar-refractivity contribution in [3.63, 3.8) is 0 Å². The molecule has 0 saturated carbocycles. The van der Waals surface area contributed by atoms with Gasteiger partial charge < -0.3 is 4.43 Å². The van der Waals surface area contributed by atoms with Gasteiger partial charge in [-0.1, -0.05) is 71.9 Å². The van der Waals surface area contributed by atoms with Gasteiger partial charge in [0, 0.05) is 6.20 Å². The van der Waals surface area contributed by atoms with Crippen LogP contribution in [-0.2, 0) is 10.8 Å². The third kappa shape index (κ3) is 3.52. The van der Waals surface area contributed by atoms with Crippen LogP contribution in [0.5, 0.6) is 0 Å². The van der Waals surface area contributed by atoms with Crippen molar-refractivity contribution in [3.05, 3.63) is 59.9 Å². The number of pyridine rings is 1. The van der Waals surface area contributed by atoms with E-state index < -0.39 is 8.32 Å². The summed E-state index contributed by atoms with van der Waals surface area (Å²) in [7, 11) is -2.20. The lowest BCUT2D eigenvalue weighted by molar-refractivity contribution is 0.0687. The highest BCUT2D eigenvalue weighted by atomic mass is 28.4. The number of fused-ring (bicyclic) bond motifs is 1. The molecule has 0 bridgehead atoms. The van der Waals surface area contributed by atoms with Crippen LogP contribution in [0.25, 0.3) is 0 Å². The highest BCUT2D eigenvalue weighted by Crippen LogP contribution is 2.48. The highest BCUT2D eigenvalue weighted by molar-refractivity contribution is 6.89. The summed E-state index contributed by atoms with van der Waals surface area (Å²) in [4.78, 5) is 4.68. The van der Waals surface area contributed by atoms with Gasteiger partial charge in [0.05, 0.1) is 11.8 Å². The van der Waals surface area contributed by atoms with E-state index in [-0.39, 0.29) is 16.6 Å². The standard InChI is InChI=1S/C23H33NOSi/c1-22(2,3)21(19-14-9-10-16-24-19)25-26(23(4,5)6)17-11-13-18-12-7-8-15-20(18)26/h7-10,12,14-16,21H,11,13,17H2,1-6H3/t21-,26+/m1/s1. The van der Waals surface area contributed by atoms with E-state index in [4.69, 9.17) is 4.43 Å². The molecule has 1 aliphatic rings. The molecule has 0 amide bonds. The Bertz CT molecular complexity index is 745. The maximum atomic E-state index is 7.30. The maximum absolute atomic E-state index is 7.30. The van der Waals surface area contributed by atoms with Crippen LogP contribution in [0, 0.1) is 5.41 Å². The van der Waals surface area contributed by atoms with Gasteiger partial charge in [0.15, 0.2) is 0 Å². The van der Waals surface area contributed by atoms with E-state index in [1.54, 1.807) is 0 Å². The molecular formula is C23H33NOSi. The zero-order valence-electron chi connectivity index (χ0n) is 17.2. The van der Waals surface area contributed by atoms with Crippen molar-refractivity contribution in [3.8, 4) is 0 Å². The van der Waals surface area contributed by atoms with E-state index in [1.807, 2.05) is 12.3 Å². The number of hydrogen-bond acceptors (Lipinski definition) is 2. The average Bonchev–Trinajstić information content (AvgIpc) is 2.58. The first-order valence-electron chi connectivity index (χ1n) is 9.82. The molecule has 0 unspecified atom stereocenters. The van der Waals surface area contributed by atoms with Crippen molar-refractivity contribution in [2.75, 3.05) is 0 Å². The SMILES string of the molecule is CC(C)(C)[C@H](O[Si@@]1(C(C)(C)C)CCCc2ccccc21)c1ccccn1. The number of aryl methyl sites for hydroxylation is 1. The summed E-state index contributed by atoms with van der Waals surface area (Å²) in [6, 6.07) is 16.4. The molecule has 0 spiro atoms. The Hall–Kier alpha value is -1.45. The molecule has 3 rings (SSSR count). The first kappa shape index (κ1) is 19.3. The molecule has 0 N–H and O–H groups in total. The van der Waals surface area contributed by atoms with E-state index in [1.165, 1.54) is 29.6 Å². The molecule has 0 saturated heterocycles. The maximum Gasteiger partial charge on any atom is 0.230 e. The second-order valence-corrected chi connectivity index (χ2v) is 14.1. The smallest absolute Gasteiger partial charge is 0.230 e. The molecule has 2 heterocycles. The van der Waals surface area contributed by atoms with Crippen LogP contribution in [0.15, 0.2) is 48.7 Å². The summed E-state index contributed by atoms with van der Waals surface area (Å²) in [6.07, 6.45) is 4.28. The lowest BCUT2D eigenvalue weighted by Gasteiger charge is -2.49. The van der Waals surface area contributed by atoms with Crippen LogP contribution in [0.3, 0.4) is 0 Å². The van der Waals surface area contributed by atoms with Gasteiger partial charge in [0.2, 0.25) is 8.32 Å². The molecule has 3 heteroatoms. The Labute approximate surface area is 160 Å². The van der Waals surface area contributed by atoms with Crippen LogP contribution in [0.1, 0.15) is 65.3 Å². The summed E-state index contributed by atoms with van der Waals surface area (Å²) >= 11 is 0. The van der Waals surface area contributed by atoms with Gasteiger partial charge >= 0.3 is 0 Å². The van der Waals surface area contributed by atoms with Gasteiger partial charge in [-0.15, -0.1) is 0 Å².